The predicted molar refractivity (Wildman–Crippen MR) is 76.7 cm³/mol. The van der Waals surface area contributed by atoms with E-state index in [0.717, 1.165) is 23.9 Å². The fraction of sp³-hybridized carbons (Fsp3) is 1.00. The van der Waals surface area contributed by atoms with E-state index in [1.165, 1.54) is 51.6 Å². The molecule has 3 aliphatic rings. The largest absolute Gasteiger partial charge is 0.311 e. The summed E-state index contributed by atoms with van der Waals surface area (Å²) in [4.78, 5) is 2.91. The molecule has 18 heavy (non-hydrogen) atoms. The monoisotopic (exact) mass is 250 g/mol. The lowest BCUT2D eigenvalue weighted by Gasteiger charge is -2.52. The van der Waals surface area contributed by atoms with E-state index >= 15 is 0 Å². The molecule has 2 unspecified atom stereocenters. The lowest BCUT2D eigenvalue weighted by atomic mass is 9.86. The molecule has 2 nitrogen and oxygen atoms in total. The number of nitrogens with zero attached hydrogens (tertiary/aromatic N) is 1. The average Bonchev–Trinajstić information content (AvgIpc) is 3.24. The van der Waals surface area contributed by atoms with Crippen LogP contribution in [0.3, 0.4) is 0 Å². The summed E-state index contributed by atoms with van der Waals surface area (Å²) in [6.45, 7) is 9.81. The Bertz CT molecular complexity index is 291. The quantitative estimate of drug-likeness (QED) is 0.807. The second-order valence-corrected chi connectivity index (χ2v) is 7.08. The molecule has 0 aromatic heterocycles. The van der Waals surface area contributed by atoms with E-state index < -0.39 is 0 Å². The maximum absolute atomic E-state index is 3.88. The third-order valence-corrected chi connectivity index (χ3v) is 5.80. The summed E-state index contributed by atoms with van der Waals surface area (Å²) in [5, 5.41) is 3.88. The van der Waals surface area contributed by atoms with Gasteiger partial charge in [0.1, 0.15) is 0 Å². The first-order valence-corrected chi connectivity index (χ1v) is 8.19. The Morgan fingerprint density at radius 1 is 1.17 bits per heavy atom. The van der Waals surface area contributed by atoms with Crippen molar-refractivity contribution in [3.05, 3.63) is 0 Å². The molecular weight excluding hydrogens is 220 g/mol. The minimum Gasteiger partial charge on any atom is -0.311 e. The van der Waals surface area contributed by atoms with Gasteiger partial charge in [0, 0.05) is 30.7 Å². The molecule has 0 spiro atoms. The molecule has 0 radical (unpaired) electrons. The summed E-state index contributed by atoms with van der Waals surface area (Å²) in [5.74, 6) is 1.95. The maximum Gasteiger partial charge on any atom is 0.0337 e. The lowest BCUT2D eigenvalue weighted by Crippen LogP contribution is -2.67. The lowest BCUT2D eigenvalue weighted by molar-refractivity contribution is -0.00833. The van der Waals surface area contributed by atoms with Crippen molar-refractivity contribution < 1.29 is 0 Å². The van der Waals surface area contributed by atoms with Crippen molar-refractivity contribution in [2.45, 2.75) is 76.9 Å². The van der Waals surface area contributed by atoms with Gasteiger partial charge in [0.25, 0.3) is 0 Å². The molecule has 1 aliphatic heterocycles. The molecule has 1 N–H and O–H groups in total. The smallest absolute Gasteiger partial charge is 0.0337 e. The number of hydrogen-bond acceptors (Lipinski definition) is 2. The van der Waals surface area contributed by atoms with Crippen molar-refractivity contribution in [3.63, 3.8) is 0 Å². The van der Waals surface area contributed by atoms with Crippen molar-refractivity contribution in [2.24, 2.45) is 11.8 Å². The normalized spacial score (nSPS) is 38.3. The summed E-state index contributed by atoms with van der Waals surface area (Å²) < 4.78 is 0. The van der Waals surface area contributed by atoms with Gasteiger partial charge in [-0.1, -0.05) is 13.8 Å². The minimum atomic E-state index is 0.447. The maximum atomic E-state index is 3.88. The van der Waals surface area contributed by atoms with Gasteiger partial charge in [0.05, 0.1) is 0 Å². The van der Waals surface area contributed by atoms with Crippen LogP contribution < -0.4 is 5.32 Å². The van der Waals surface area contributed by atoms with Crippen LogP contribution in [0, 0.1) is 11.8 Å². The van der Waals surface area contributed by atoms with E-state index in [2.05, 4.69) is 31.0 Å². The van der Waals surface area contributed by atoms with E-state index in [-0.39, 0.29) is 0 Å². The molecule has 3 rings (SSSR count). The van der Waals surface area contributed by atoms with Crippen molar-refractivity contribution in [3.8, 4) is 0 Å². The molecule has 2 aliphatic carbocycles. The van der Waals surface area contributed by atoms with Crippen LogP contribution in [-0.4, -0.2) is 35.6 Å². The van der Waals surface area contributed by atoms with Crippen LogP contribution in [0.5, 0.6) is 0 Å². The minimum absolute atomic E-state index is 0.447. The van der Waals surface area contributed by atoms with Crippen molar-refractivity contribution in [1.29, 1.82) is 0 Å². The topological polar surface area (TPSA) is 15.3 Å². The van der Waals surface area contributed by atoms with Gasteiger partial charge in [0.15, 0.2) is 0 Å². The van der Waals surface area contributed by atoms with Crippen LogP contribution >= 0.6 is 0 Å². The molecule has 0 bridgehead atoms. The van der Waals surface area contributed by atoms with E-state index in [9.17, 15) is 0 Å². The van der Waals surface area contributed by atoms with Gasteiger partial charge in [-0.05, 0) is 57.3 Å². The first-order valence-electron chi connectivity index (χ1n) is 8.19. The highest BCUT2D eigenvalue weighted by Gasteiger charge is 2.51. The van der Waals surface area contributed by atoms with Crippen molar-refractivity contribution >= 4 is 0 Å². The van der Waals surface area contributed by atoms with E-state index in [1.807, 2.05) is 0 Å². The van der Waals surface area contributed by atoms with E-state index in [4.69, 9.17) is 0 Å². The number of piperazine rings is 1. The van der Waals surface area contributed by atoms with Gasteiger partial charge in [-0.2, -0.15) is 0 Å². The Morgan fingerprint density at radius 2 is 1.83 bits per heavy atom. The zero-order chi connectivity index (χ0) is 12.8. The van der Waals surface area contributed by atoms with Crippen LogP contribution in [0.2, 0.25) is 0 Å². The van der Waals surface area contributed by atoms with Crippen LogP contribution in [0.4, 0.5) is 0 Å². The molecule has 1 saturated heterocycles. The van der Waals surface area contributed by atoms with Crippen LogP contribution in [-0.2, 0) is 0 Å². The second kappa shape index (κ2) is 4.79. The number of rotatable bonds is 5. The fourth-order valence-corrected chi connectivity index (χ4v) is 4.12. The Kier molecular flexibility index (Phi) is 3.44. The fourth-order valence-electron chi connectivity index (χ4n) is 4.12. The summed E-state index contributed by atoms with van der Waals surface area (Å²) in [7, 11) is 0. The third kappa shape index (κ3) is 2.22. The predicted octanol–water partition coefficient (Wildman–Crippen LogP) is 3.03. The van der Waals surface area contributed by atoms with Crippen LogP contribution in [0.1, 0.15) is 59.3 Å². The highest BCUT2D eigenvalue weighted by molar-refractivity contribution is 5.08. The molecule has 2 heteroatoms. The molecule has 104 valence electrons. The van der Waals surface area contributed by atoms with Crippen LogP contribution in [0.15, 0.2) is 0 Å². The first-order chi connectivity index (χ1) is 8.69. The molecule has 0 amide bonds. The Hall–Kier alpha value is -0.0800. The van der Waals surface area contributed by atoms with Gasteiger partial charge in [-0.25, -0.2) is 0 Å². The standard InChI is InChI=1S/C16H30N2/c1-4-14(5-2)18-10-15(12-6-7-12)17-11-16(18,3)13-8-9-13/h12-15,17H,4-11H2,1-3H3. The van der Waals surface area contributed by atoms with Gasteiger partial charge >= 0.3 is 0 Å². The Labute approximate surface area is 113 Å². The van der Waals surface area contributed by atoms with E-state index in [0.29, 0.717) is 5.54 Å². The average molecular weight is 250 g/mol. The van der Waals surface area contributed by atoms with Gasteiger partial charge < -0.3 is 5.32 Å². The SMILES string of the molecule is CCC(CC)N1CC(C2CC2)NCC1(C)C1CC1. The molecule has 0 aromatic carbocycles. The highest BCUT2D eigenvalue weighted by atomic mass is 15.3. The molecule has 0 aromatic rings. The molecule has 2 atom stereocenters. The molecule has 1 heterocycles. The molecular formula is C16H30N2. The van der Waals surface area contributed by atoms with Gasteiger partial charge in [-0.3, -0.25) is 4.90 Å². The van der Waals surface area contributed by atoms with Gasteiger partial charge in [0.2, 0.25) is 0 Å². The summed E-state index contributed by atoms with van der Waals surface area (Å²) in [6, 6.07) is 1.59. The summed E-state index contributed by atoms with van der Waals surface area (Å²) in [5.41, 5.74) is 0.447. The zero-order valence-corrected chi connectivity index (χ0v) is 12.4. The molecule has 2 saturated carbocycles. The van der Waals surface area contributed by atoms with Crippen LogP contribution in [0.25, 0.3) is 0 Å². The first kappa shape index (κ1) is 12.9. The van der Waals surface area contributed by atoms with E-state index in [1.54, 1.807) is 0 Å². The van der Waals surface area contributed by atoms with Gasteiger partial charge in [-0.15, -0.1) is 0 Å². The Balaban J connectivity index is 1.76. The van der Waals surface area contributed by atoms with Crippen molar-refractivity contribution in [2.75, 3.05) is 13.1 Å². The number of hydrogen-bond donors (Lipinski definition) is 1. The highest BCUT2D eigenvalue weighted by Crippen LogP contribution is 2.46. The third-order valence-electron chi connectivity index (χ3n) is 5.80. The Morgan fingerprint density at radius 3 is 2.33 bits per heavy atom. The summed E-state index contributed by atoms with van der Waals surface area (Å²) >= 11 is 0. The molecule has 3 fully saturated rings. The zero-order valence-electron chi connectivity index (χ0n) is 12.4. The van der Waals surface area contributed by atoms with Crippen molar-refractivity contribution in [1.82, 2.24) is 10.2 Å². The second-order valence-electron chi connectivity index (χ2n) is 7.08. The number of nitrogens with one attached hydrogen (secondary N) is 1. The summed E-state index contributed by atoms with van der Waals surface area (Å²) in [6.07, 6.45) is 8.49.